The first kappa shape index (κ1) is 14.0. The van der Waals surface area contributed by atoms with Crippen molar-refractivity contribution in [2.75, 3.05) is 19.7 Å². The van der Waals surface area contributed by atoms with Crippen LogP contribution in [0.3, 0.4) is 0 Å². The van der Waals surface area contributed by atoms with Crippen LogP contribution in [-0.4, -0.2) is 48.6 Å². The highest BCUT2D eigenvalue weighted by Crippen LogP contribution is 2.24. The minimum absolute atomic E-state index is 0.0649. The summed E-state index contributed by atoms with van der Waals surface area (Å²) in [5, 5.41) is 17.4. The van der Waals surface area contributed by atoms with Gasteiger partial charge in [-0.15, -0.1) is 0 Å². The molecule has 106 valence electrons. The van der Waals surface area contributed by atoms with Crippen molar-refractivity contribution in [1.29, 1.82) is 0 Å². The molecule has 2 N–H and O–H groups in total. The van der Waals surface area contributed by atoms with Crippen LogP contribution in [0.25, 0.3) is 0 Å². The van der Waals surface area contributed by atoms with Crippen LogP contribution < -0.4 is 0 Å². The molecule has 0 aliphatic carbocycles. The third-order valence-corrected chi connectivity index (χ3v) is 4.87. The molecule has 1 atom stereocenters. The van der Waals surface area contributed by atoms with Gasteiger partial charge in [-0.3, -0.25) is 0 Å². The highest BCUT2D eigenvalue weighted by molar-refractivity contribution is 7.89. The number of carbonyl (C=O) groups is 1. The van der Waals surface area contributed by atoms with Crippen molar-refractivity contribution >= 4 is 16.0 Å². The number of rotatable bonds is 4. The monoisotopic (exact) mass is 289 g/mol. The van der Waals surface area contributed by atoms with Crippen molar-refractivity contribution in [2.24, 2.45) is 5.92 Å². The first-order valence-electron chi connectivity index (χ1n) is 5.89. The number of nitrogens with zero attached hydrogens (tertiary/aromatic N) is 1. The summed E-state index contributed by atoms with van der Waals surface area (Å²) in [5.41, 5.74) is 0. The van der Waals surface area contributed by atoms with Gasteiger partial charge in [-0.2, -0.15) is 4.31 Å². The Morgan fingerprint density at radius 3 is 2.79 bits per heavy atom. The van der Waals surface area contributed by atoms with Crippen LogP contribution in [0.4, 0.5) is 0 Å². The molecule has 8 heteroatoms. The fourth-order valence-corrected chi connectivity index (χ4v) is 3.56. The topological polar surface area (TPSA) is 108 Å². The summed E-state index contributed by atoms with van der Waals surface area (Å²) in [4.78, 5) is 10.7. The quantitative estimate of drug-likeness (QED) is 0.829. The van der Waals surface area contributed by atoms with E-state index >= 15 is 0 Å². The number of sulfonamides is 1. The number of furan rings is 1. The van der Waals surface area contributed by atoms with Crippen LogP contribution in [0.2, 0.25) is 0 Å². The molecule has 0 radical (unpaired) electrons. The first-order valence-corrected chi connectivity index (χ1v) is 7.33. The minimum Gasteiger partial charge on any atom is -0.475 e. The molecule has 1 aromatic heterocycles. The summed E-state index contributed by atoms with van der Waals surface area (Å²) in [6, 6.07) is 2.25. The van der Waals surface area contributed by atoms with Gasteiger partial charge in [0.15, 0.2) is 0 Å². The van der Waals surface area contributed by atoms with E-state index in [-0.39, 0.29) is 24.2 Å². The number of carboxylic acid groups (broad SMARTS) is 1. The Hall–Kier alpha value is -1.38. The number of hydrogen-bond acceptors (Lipinski definition) is 5. The van der Waals surface area contributed by atoms with Crippen molar-refractivity contribution in [2.45, 2.75) is 17.9 Å². The molecule has 0 saturated carbocycles. The molecule has 1 aromatic rings. The molecule has 0 amide bonds. The Morgan fingerprint density at radius 2 is 2.21 bits per heavy atom. The zero-order valence-corrected chi connectivity index (χ0v) is 11.0. The van der Waals surface area contributed by atoms with E-state index in [1.165, 1.54) is 4.31 Å². The molecule has 1 saturated heterocycles. The SMILES string of the molecule is O=C(O)c1ccc(S(=O)(=O)N2CCCC(CO)C2)o1. The summed E-state index contributed by atoms with van der Waals surface area (Å²) >= 11 is 0. The van der Waals surface area contributed by atoms with Gasteiger partial charge in [0, 0.05) is 19.7 Å². The number of hydrogen-bond donors (Lipinski definition) is 2. The number of carboxylic acids is 1. The van der Waals surface area contributed by atoms with Crippen molar-refractivity contribution in [3.8, 4) is 0 Å². The molecule has 0 aromatic carbocycles. The molecular weight excluding hydrogens is 274 g/mol. The summed E-state index contributed by atoms with van der Waals surface area (Å²) in [7, 11) is -3.83. The standard InChI is InChI=1S/C11H15NO6S/c13-7-8-2-1-5-12(6-8)19(16,17)10-4-3-9(18-10)11(14)15/h3-4,8,13H,1-2,5-7H2,(H,14,15). The van der Waals surface area contributed by atoms with E-state index in [2.05, 4.69) is 0 Å². The second-order valence-corrected chi connectivity index (χ2v) is 6.35. The molecule has 2 rings (SSSR count). The minimum atomic E-state index is -3.83. The van der Waals surface area contributed by atoms with Gasteiger partial charge in [-0.05, 0) is 30.9 Å². The zero-order chi connectivity index (χ0) is 14.0. The lowest BCUT2D eigenvalue weighted by molar-refractivity contribution is 0.0656. The van der Waals surface area contributed by atoms with Crippen LogP contribution in [-0.2, 0) is 10.0 Å². The molecule has 0 bridgehead atoms. The van der Waals surface area contributed by atoms with Crippen molar-refractivity contribution in [3.05, 3.63) is 17.9 Å². The van der Waals surface area contributed by atoms with E-state index in [9.17, 15) is 13.2 Å². The summed E-state index contributed by atoms with van der Waals surface area (Å²) < 4.78 is 30.5. The van der Waals surface area contributed by atoms with Crippen molar-refractivity contribution in [1.82, 2.24) is 4.31 Å². The van der Waals surface area contributed by atoms with Gasteiger partial charge >= 0.3 is 5.97 Å². The van der Waals surface area contributed by atoms with Crippen LogP contribution >= 0.6 is 0 Å². The first-order chi connectivity index (χ1) is 8.95. The summed E-state index contributed by atoms with van der Waals surface area (Å²) in [5.74, 6) is -1.81. The maximum Gasteiger partial charge on any atom is 0.371 e. The normalized spacial score (nSPS) is 21.4. The van der Waals surface area contributed by atoms with E-state index in [4.69, 9.17) is 14.6 Å². The van der Waals surface area contributed by atoms with E-state index in [1.54, 1.807) is 0 Å². The molecule has 2 heterocycles. The Balaban J connectivity index is 2.23. The van der Waals surface area contributed by atoms with Gasteiger partial charge in [0.25, 0.3) is 10.0 Å². The van der Waals surface area contributed by atoms with Gasteiger partial charge in [0.1, 0.15) is 0 Å². The Morgan fingerprint density at radius 1 is 1.47 bits per heavy atom. The maximum atomic E-state index is 12.2. The smallest absolute Gasteiger partial charge is 0.371 e. The van der Waals surface area contributed by atoms with Gasteiger partial charge in [-0.1, -0.05) is 0 Å². The second-order valence-electron chi connectivity index (χ2n) is 4.48. The molecule has 0 spiro atoms. The Kier molecular flexibility index (Phi) is 3.93. The third-order valence-electron chi connectivity index (χ3n) is 3.13. The number of aliphatic hydroxyl groups is 1. The van der Waals surface area contributed by atoms with Crippen molar-refractivity contribution < 1.29 is 27.8 Å². The summed E-state index contributed by atoms with van der Waals surface area (Å²) in [6.45, 7) is 0.508. The van der Waals surface area contributed by atoms with Crippen LogP contribution in [0.1, 0.15) is 23.4 Å². The van der Waals surface area contributed by atoms with E-state index in [0.29, 0.717) is 13.0 Å². The van der Waals surface area contributed by atoms with E-state index < -0.39 is 21.8 Å². The predicted molar refractivity (Wildman–Crippen MR) is 64.2 cm³/mol. The predicted octanol–water partition coefficient (Wildman–Crippen LogP) is 0.371. The average Bonchev–Trinajstić information content (AvgIpc) is 2.89. The zero-order valence-electron chi connectivity index (χ0n) is 10.2. The number of aromatic carboxylic acids is 1. The maximum absolute atomic E-state index is 12.2. The van der Waals surface area contributed by atoms with Crippen LogP contribution in [0.5, 0.6) is 0 Å². The average molecular weight is 289 g/mol. The van der Waals surface area contributed by atoms with Gasteiger partial charge < -0.3 is 14.6 Å². The van der Waals surface area contributed by atoms with Gasteiger partial charge in [0.2, 0.25) is 10.9 Å². The molecule has 1 unspecified atom stereocenters. The lowest BCUT2D eigenvalue weighted by Gasteiger charge is -2.30. The van der Waals surface area contributed by atoms with E-state index in [1.807, 2.05) is 0 Å². The highest BCUT2D eigenvalue weighted by atomic mass is 32.2. The number of piperidine rings is 1. The van der Waals surface area contributed by atoms with Crippen LogP contribution in [0.15, 0.2) is 21.6 Å². The molecule has 19 heavy (non-hydrogen) atoms. The molecule has 1 aliphatic heterocycles. The molecule has 1 aliphatic rings. The molecule has 1 fully saturated rings. The largest absolute Gasteiger partial charge is 0.475 e. The number of aliphatic hydroxyl groups excluding tert-OH is 1. The Labute approximate surface area is 110 Å². The molecular formula is C11H15NO6S. The van der Waals surface area contributed by atoms with E-state index in [0.717, 1.165) is 18.6 Å². The second kappa shape index (κ2) is 5.32. The van der Waals surface area contributed by atoms with Gasteiger partial charge in [0.05, 0.1) is 0 Å². The molecule has 7 nitrogen and oxygen atoms in total. The highest BCUT2D eigenvalue weighted by Gasteiger charge is 2.32. The van der Waals surface area contributed by atoms with Crippen molar-refractivity contribution in [3.63, 3.8) is 0 Å². The van der Waals surface area contributed by atoms with Gasteiger partial charge in [-0.25, -0.2) is 13.2 Å². The third kappa shape index (κ3) is 2.80. The fraction of sp³-hybridized carbons (Fsp3) is 0.545. The van der Waals surface area contributed by atoms with Crippen LogP contribution in [0, 0.1) is 5.92 Å². The summed E-state index contributed by atoms with van der Waals surface area (Å²) in [6.07, 6.45) is 1.44. The Bertz CT molecular complexity index is 563. The lowest BCUT2D eigenvalue weighted by Crippen LogP contribution is -2.40. The lowest BCUT2D eigenvalue weighted by atomic mass is 10.0. The fourth-order valence-electron chi connectivity index (χ4n) is 2.10.